The highest BCUT2D eigenvalue weighted by Gasteiger charge is 2.56. The molecule has 4 aromatic rings. The first-order valence-electron chi connectivity index (χ1n) is 13.6. The van der Waals surface area contributed by atoms with E-state index < -0.39 is 23.5 Å². The van der Waals surface area contributed by atoms with Crippen molar-refractivity contribution in [1.82, 2.24) is 9.97 Å². The van der Waals surface area contributed by atoms with Gasteiger partial charge < -0.3 is 25.2 Å². The second-order valence-corrected chi connectivity index (χ2v) is 11.0. The third kappa shape index (κ3) is 6.43. The van der Waals surface area contributed by atoms with Gasteiger partial charge in [0.1, 0.15) is 28.2 Å². The third-order valence-electron chi connectivity index (χ3n) is 6.92. The number of methoxy groups -OCH3 is 1. The average Bonchev–Trinajstić information content (AvgIpc) is 3.61. The summed E-state index contributed by atoms with van der Waals surface area (Å²) < 4.78 is 64.9. The van der Waals surface area contributed by atoms with Crippen LogP contribution in [0.5, 0.6) is 6.01 Å². The van der Waals surface area contributed by atoms with E-state index in [1.807, 2.05) is 24.8 Å². The molecule has 2 aliphatic rings. The number of fused-ring (bicyclic) bond motifs is 2. The van der Waals surface area contributed by atoms with Crippen LogP contribution in [0.3, 0.4) is 0 Å². The van der Waals surface area contributed by atoms with Gasteiger partial charge in [-0.15, -0.1) is 11.3 Å². The lowest BCUT2D eigenvalue weighted by molar-refractivity contribution is 0.0822. The van der Waals surface area contributed by atoms with Crippen LogP contribution in [0.4, 0.5) is 28.4 Å². The maximum Gasteiger partial charge on any atom is 0.318 e. The number of rotatable bonds is 4. The summed E-state index contributed by atoms with van der Waals surface area (Å²) in [6.45, 7) is 5.99. The van der Waals surface area contributed by atoms with Crippen molar-refractivity contribution in [3.8, 4) is 23.2 Å². The molecule has 6 rings (SSSR count). The smallest absolute Gasteiger partial charge is 0.318 e. The minimum Gasteiger partial charge on any atom is -0.467 e. The van der Waals surface area contributed by atoms with Crippen LogP contribution in [0.2, 0.25) is 5.02 Å². The van der Waals surface area contributed by atoms with Gasteiger partial charge >= 0.3 is 6.01 Å². The number of nitrogens with two attached hydrogens (primary N) is 1. The van der Waals surface area contributed by atoms with E-state index in [0.717, 1.165) is 17.8 Å². The van der Waals surface area contributed by atoms with Gasteiger partial charge in [-0.2, -0.15) is 15.2 Å². The van der Waals surface area contributed by atoms with E-state index in [9.17, 15) is 18.4 Å². The summed E-state index contributed by atoms with van der Waals surface area (Å²) in [6, 6.07) is 6.19. The molecular formula is C29H30ClF4N5O3S. The first-order chi connectivity index (χ1) is 20.6. The standard InChI is InChI=1S/C23H18ClF2N5O2S.C4H6F2O.C2H6/c1-32-23-29-19-12(22(30-23)31-5-2-7-33-8-6-31)9-14(24)17(18(19)26)11-3-4-15(25)20-16(11)13(10-27)21(28)34-20;5-4(6)1-3(4)2-7;1-2/h3-4,9H,2,5-8,28H2,1H3;3,7H,1-2H2;1-2H3. The minimum absolute atomic E-state index is 0.000584. The number of thiophene rings is 1. The molecule has 2 aromatic heterocycles. The first-order valence-corrected chi connectivity index (χ1v) is 14.8. The normalized spacial score (nSPS) is 17.3. The lowest BCUT2D eigenvalue weighted by Gasteiger charge is -2.23. The Balaban J connectivity index is 0.000000409. The monoisotopic (exact) mass is 639 g/mol. The fourth-order valence-electron chi connectivity index (χ4n) is 4.67. The average molecular weight is 640 g/mol. The Hall–Kier alpha value is -3.44. The van der Waals surface area contributed by atoms with E-state index in [1.165, 1.54) is 19.2 Å². The van der Waals surface area contributed by atoms with Crippen LogP contribution in [0.25, 0.3) is 32.1 Å². The molecule has 1 aliphatic carbocycles. The van der Waals surface area contributed by atoms with E-state index in [2.05, 4.69) is 9.97 Å². The third-order valence-corrected chi connectivity index (χ3v) is 8.25. The molecule has 3 N–H and O–H groups in total. The highest BCUT2D eigenvalue weighted by Crippen LogP contribution is 2.48. The Morgan fingerprint density at radius 2 is 1.98 bits per heavy atom. The Morgan fingerprint density at radius 3 is 2.58 bits per heavy atom. The Kier molecular flexibility index (Phi) is 10.2. The van der Waals surface area contributed by atoms with Gasteiger partial charge in [0.15, 0.2) is 5.82 Å². The van der Waals surface area contributed by atoms with Gasteiger partial charge in [-0.3, -0.25) is 0 Å². The molecule has 3 heterocycles. The number of benzene rings is 2. The van der Waals surface area contributed by atoms with Gasteiger partial charge in [0.05, 0.1) is 41.5 Å². The molecule has 2 fully saturated rings. The number of nitriles is 1. The maximum absolute atomic E-state index is 16.2. The van der Waals surface area contributed by atoms with Crippen LogP contribution in [0.15, 0.2) is 18.2 Å². The summed E-state index contributed by atoms with van der Waals surface area (Å²) in [5.74, 6) is -4.05. The zero-order valence-electron chi connectivity index (χ0n) is 23.7. The largest absolute Gasteiger partial charge is 0.467 e. The molecule has 1 unspecified atom stereocenters. The molecule has 1 saturated heterocycles. The van der Waals surface area contributed by atoms with Gasteiger partial charge in [0.2, 0.25) is 0 Å². The van der Waals surface area contributed by atoms with E-state index in [-0.39, 0.29) is 61.4 Å². The number of aromatic nitrogens is 2. The molecule has 1 aliphatic heterocycles. The van der Waals surface area contributed by atoms with E-state index in [4.69, 9.17) is 31.9 Å². The van der Waals surface area contributed by atoms with Crippen LogP contribution in [0, 0.1) is 28.9 Å². The van der Waals surface area contributed by atoms with Gasteiger partial charge in [-0.25, -0.2) is 17.6 Å². The molecule has 0 bridgehead atoms. The number of halogens is 5. The van der Waals surface area contributed by atoms with Gasteiger partial charge in [-0.1, -0.05) is 31.5 Å². The molecule has 2 aromatic carbocycles. The number of ether oxygens (including phenoxy) is 2. The van der Waals surface area contributed by atoms with Gasteiger partial charge in [0.25, 0.3) is 5.92 Å². The summed E-state index contributed by atoms with van der Waals surface area (Å²) in [7, 11) is 1.40. The van der Waals surface area contributed by atoms with Crippen molar-refractivity contribution in [3.63, 3.8) is 0 Å². The maximum atomic E-state index is 16.2. The van der Waals surface area contributed by atoms with Crippen LogP contribution in [-0.2, 0) is 4.74 Å². The molecule has 1 atom stereocenters. The molecular weight excluding hydrogens is 610 g/mol. The number of hydrogen-bond donors (Lipinski definition) is 2. The first kappa shape index (κ1) is 32.5. The van der Waals surface area contributed by atoms with Gasteiger partial charge in [0, 0.05) is 42.5 Å². The molecule has 14 heteroatoms. The highest BCUT2D eigenvalue weighted by molar-refractivity contribution is 7.23. The molecule has 0 spiro atoms. The van der Waals surface area contributed by atoms with Crippen molar-refractivity contribution >= 4 is 54.7 Å². The second-order valence-electron chi connectivity index (χ2n) is 9.53. The van der Waals surface area contributed by atoms with Crippen LogP contribution >= 0.6 is 22.9 Å². The number of aliphatic hydroxyl groups is 1. The number of anilines is 2. The Morgan fingerprint density at radius 1 is 1.26 bits per heavy atom. The fourth-order valence-corrected chi connectivity index (χ4v) is 5.92. The topological polar surface area (TPSA) is 118 Å². The van der Waals surface area contributed by atoms with E-state index >= 15 is 4.39 Å². The fraction of sp³-hybridized carbons (Fsp3) is 0.414. The number of nitrogens with zero attached hydrogens (tertiary/aromatic N) is 4. The highest BCUT2D eigenvalue weighted by atomic mass is 35.5. The van der Waals surface area contributed by atoms with Crippen LogP contribution in [-0.4, -0.2) is 61.0 Å². The summed E-state index contributed by atoms with van der Waals surface area (Å²) in [5, 5.41) is 18.5. The van der Waals surface area contributed by atoms with E-state index in [0.29, 0.717) is 37.5 Å². The molecule has 230 valence electrons. The Bertz CT molecular complexity index is 1670. The van der Waals surface area contributed by atoms with Gasteiger partial charge in [-0.05, 0) is 24.1 Å². The molecule has 8 nitrogen and oxygen atoms in total. The number of aliphatic hydroxyl groups excluding tert-OH is 1. The van der Waals surface area contributed by atoms with E-state index in [1.54, 1.807) is 6.07 Å². The molecule has 43 heavy (non-hydrogen) atoms. The number of alkyl halides is 2. The minimum atomic E-state index is -2.53. The molecule has 1 saturated carbocycles. The quantitative estimate of drug-likeness (QED) is 0.234. The van der Waals surface area contributed by atoms with Crippen LogP contribution < -0.4 is 15.4 Å². The summed E-state index contributed by atoms with van der Waals surface area (Å²) in [5.41, 5.74) is 6.29. The zero-order chi connectivity index (χ0) is 31.5. The summed E-state index contributed by atoms with van der Waals surface area (Å²) in [6.07, 6.45) is 0.662. The van der Waals surface area contributed by atoms with Crippen molar-refractivity contribution in [2.75, 3.05) is 50.7 Å². The SMILES string of the molecule is CC.COc1nc(N2CCCOCC2)c2cc(Cl)c(-c3ccc(F)c4sc(N)c(C#N)c34)c(F)c2n1.OCC1CC1(F)F. The van der Waals surface area contributed by atoms with Crippen molar-refractivity contribution in [2.45, 2.75) is 32.6 Å². The zero-order valence-corrected chi connectivity index (χ0v) is 25.3. The van der Waals surface area contributed by atoms with Crippen LogP contribution in [0.1, 0.15) is 32.3 Å². The van der Waals surface area contributed by atoms with Crippen molar-refractivity contribution in [3.05, 3.63) is 40.4 Å². The molecule has 0 amide bonds. The predicted molar refractivity (Wildman–Crippen MR) is 160 cm³/mol. The van der Waals surface area contributed by atoms with Crippen molar-refractivity contribution in [2.24, 2.45) is 5.92 Å². The lowest BCUT2D eigenvalue weighted by Crippen LogP contribution is -2.27. The lowest BCUT2D eigenvalue weighted by atomic mass is 9.97. The Labute approximate surface area is 254 Å². The number of hydrogen-bond acceptors (Lipinski definition) is 9. The summed E-state index contributed by atoms with van der Waals surface area (Å²) in [4.78, 5) is 10.7. The second kappa shape index (κ2) is 13.5. The molecule has 0 radical (unpaired) electrons. The number of nitrogen functional groups attached to an aromatic ring is 1. The summed E-state index contributed by atoms with van der Waals surface area (Å²) >= 11 is 7.56. The van der Waals surface area contributed by atoms with Crippen molar-refractivity contribution in [1.29, 1.82) is 5.26 Å². The predicted octanol–water partition coefficient (Wildman–Crippen LogP) is 6.79. The van der Waals surface area contributed by atoms with Crippen molar-refractivity contribution < 1.29 is 32.1 Å².